The van der Waals surface area contributed by atoms with Crippen LogP contribution in [0, 0.1) is 0 Å². The number of urea groups is 1. The third-order valence-electron chi connectivity index (χ3n) is 2.45. The minimum atomic E-state index is -0.347. The van der Waals surface area contributed by atoms with Gasteiger partial charge in [-0.1, -0.05) is 42.5 Å². The van der Waals surface area contributed by atoms with Crippen LogP contribution in [0.3, 0.4) is 0 Å². The summed E-state index contributed by atoms with van der Waals surface area (Å²) in [5.74, 6) is 0.0485. The minimum Gasteiger partial charge on any atom is -0.506 e. The van der Waals surface area contributed by atoms with Gasteiger partial charge in [0.25, 0.3) is 0 Å². The van der Waals surface area contributed by atoms with Crippen LogP contribution >= 0.6 is 0 Å². The second-order valence-corrected chi connectivity index (χ2v) is 3.81. The standard InChI is InChI=1S/C14H14N2O2/c17-13-9-5-4-8-12(13)16-14(18)15-10-11-6-2-1-3-7-11/h1-9,17H,10H2,(H2,15,16,18). The lowest BCUT2D eigenvalue weighted by atomic mass is 10.2. The smallest absolute Gasteiger partial charge is 0.319 e. The number of carbonyl (C=O) groups excluding carboxylic acids is 1. The summed E-state index contributed by atoms with van der Waals surface area (Å²) in [4.78, 5) is 11.6. The highest BCUT2D eigenvalue weighted by molar-refractivity contribution is 5.90. The first-order chi connectivity index (χ1) is 8.75. The average molecular weight is 242 g/mol. The molecule has 0 atom stereocenters. The molecule has 92 valence electrons. The fourth-order valence-electron chi connectivity index (χ4n) is 1.52. The van der Waals surface area contributed by atoms with Gasteiger partial charge in [0.05, 0.1) is 5.69 Å². The molecule has 2 amide bonds. The van der Waals surface area contributed by atoms with Gasteiger partial charge in [-0.25, -0.2) is 4.79 Å². The Kier molecular flexibility index (Phi) is 3.81. The highest BCUT2D eigenvalue weighted by Gasteiger charge is 2.04. The first-order valence-corrected chi connectivity index (χ1v) is 5.62. The Morgan fingerprint density at radius 3 is 2.39 bits per heavy atom. The lowest BCUT2D eigenvalue weighted by molar-refractivity contribution is 0.251. The maximum absolute atomic E-state index is 11.6. The zero-order chi connectivity index (χ0) is 12.8. The van der Waals surface area contributed by atoms with E-state index in [4.69, 9.17) is 0 Å². The molecule has 0 aliphatic rings. The molecule has 0 unspecified atom stereocenters. The molecule has 4 nitrogen and oxygen atoms in total. The summed E-state index contributed by atoms with van der Waals surface area (Å²) in [7, 11) is 0. The van der Waals surface area contributed by atoms with Gasteiger partial charge < -0.3 is 15.7 Å². The largest absolute Gasteiger partial charge is 0.506 e. The zero-order valence-corrected chi connectivity index (χ0v) is 9.76. The number of rotatable bonds is 3. The van der Waals surface area contributed by atoms with E-state index in [0.717, 1.165) is 5.56 Å². The SMILES string of the molecule is O=C(NCc1ccccc1)Nc1ccccc1O. The van der Waals surface area contributed by atoms with Crippen LogP contribution in [-0.4, -0.2) is 11.1 Å². The molecule has 2 aromatic rings. The van der Waals surface area contributed by atoms with Crippen molar-refractivity contribution in [1.82, 2.24) is 5.32 Å². The van der Waals surface area contributed by atoms with Crippen molar-refractivity contribution in [2.75, 3.05) is 5.32 Å². The Balaban J connectivity index is 1.88. The zero-order valence-electron chi connectivity index (χ0n) is 9.76. The Morgan fingerprint density at radius 1 is 1.00 bits per heavy atom. The van der Waals surface area contributed by atoms with Gasteiger partial charge in [-0.05, 0) is 17.7 Å². The molecule has 0 aliphatic heterocycles. The number of hydrogen-bond donors (Lipinski definition) is 3. The fraction of sp³-hybridized carbons (Fsp3) is 0.0714. The number of para-hydroxylation sites is 2. The van der Waals surface area contributed by atoms with E-state index in [2.05, 4.69) is 10.6 Å². The van der Waals surface area contributed by atoms with E-state index >= 15 is 0 Å². The predicted molar refractivity (Wildman–Crippen MR) is 70.4 cm³/mol. The number of benzene rings is 2. The molecular weight excluding hydrogens is 228 g/mol. The Labute approximate surface area is 105 Å². The summed E-state index contributed by atoms with van der Waals surface area (Å²) < 4.78 is 0. The number of hydrogen-bond acceptors (Lipinski definition) is 2. The number of nitrogens with one attached hydrogen (secondary N) is 2. The van der Waals surface area contributed by atoms with Crippen LogP contribution in [0.15, 0.2) is 54.6 Å². The molecule has 4 heteroatoms. The highest BCUT2D eigenvalue weighted by atomic mass is 16.3. The van der Waals surface area contributed by atoms with Crippen LogP contribution in [0.1, 0.15) is 5.56 Å². The van der Waals surface area contributed by atoms with Crippen molar-refractivity contribution in [2.45, 2.75) is 6.54 Å². The molecule has 0 fully saturated rings. The maximum atomic E-state index is 11.6. The number of aromatic hydroxyl groups is 1. The van der Waals surface area contributed by atoms with E-state index in [0.29, 0.717) is 12.2 Å². The van der Waals surface area contributed by atoms with Crippen molar-refractivity contribution >= 4 is 11.7 Å². The molecule has 0 aliphatic carbocycles. The number of phenols is 1. The second kappa shape index (κ2) is 5.72. The molecule has 3 N–H and O–H groups in total. The van der Waals surface area contributed by atoms with Crippen molar-refractivity contribution in [3.8, 4) is 5.75 Å². The third kappa shape index (κ3) is 3.25. The van der Waals surface area contributed by atoms with E-state index < -0.39 is 0 Å². The average Bonchev–Trinajstić information content (AvgIpc) is 2.40. The molecule has 0 saturated heterocycles. The van der Waals surface area contributed by atoms with E-state index in [1.54, 1.807) is 18.2 Å². The number of anilines is 1. The molecule has 0 bridgehead atoms. The van der Waals surface area contributed by atoms with Crippen LogP contribution < -0.4 is 10.6 Å². The summed E-state index contributed by atoms with van der Waals surface area (Å²) in [6.07, 6.45) is 0. The van der Waals surface area contributed by atoms with E-state index in [-0.39, 0.29) is 11.8 Å². The van der Waals surface area contributed by atoms with Crippen LogP contribution in [-0.2, 0) is 6.54 Å². The molecular formula is C14H14N2O2. The molecule has 18 heavy (non-hydrogen) atoms. The van der Waals surface area contributed by atoms with E-state index in [1.165, 1.54) is 6.07 Å². The molecule has 0 radical (unpaired) electrons. The van der Waals surface area contributed by atoms with Gasteiger partial charge in [-0.15, -0.1) is 0 Å². The summed E-state index contributed by atoms with van der Waals surface area (Å²) in [5.41, 5.74) is 1.41. The fourth-order valence-corrected chi connectivity index (χ4v) is 1.52. The molecule has 2 rings (SSSR count). The Hall–Kier alpha value is -2.49. The van der Waals surface area contributed by atoms with Crippen LogP contribution in [0.4, 0.5) is 10.5 Å². The monoisotopic (exact) mass is 242 g/mol. The summed E-state index contributed by atoms with van der Waals surface area (Å²) >= 11 is 0. The number of phenolic OH excluding ortho intramolecular Hbond substituents is 1. The first-order valence-electron chi connectivity index (χ1n) is 5.62. The third-order valence-corrected chi connectivity index (χ3v) is 2.45. The van der Waals surface area contributed by atoms with Crippen LogP contribution in [0.2, 0.25) is 0 Å². The van der Waals surface area contributed by atoms with Gasteiger partial charge in [0.1, 0.15) is 5.75 Å². The quantitative estimate of drug-likeness (QED) is 0.725. The van der Waals surface area contributed by atoms with Gasteiger partial charge in [0.2, 0.25) is 0 Å². The minimum absolute atomic E-state index is 0.0485. The molecule has 2 aromatic carbocycles. The van der Waals surface area contributed by atoms with E-state index in [9.17, 15) is 9.90 Å². The predicted octanol–water partition coefficient (Wildman–Crippen LogP) is 2.71. The number of amides is 2. The van der Waals surface area contributed by atoms with Crippen molar-refractivity contribution in [3.63, 3.8) is 0 Å². The van der Waals surface area contributed by atoms with Gasteiger partial charge in [0, 0.05) is 6.54 Å². The lowest BCUT2D eigenvalue weighted by Crippen LogP contribution is -2.28. The maximum Gasteiger partial charge on any atom is 0.319 e. The second-order valence-electron chi connectivity index (χ2n) is 3.81. The van der Waals surface area contributed by atoms with Crippen molar-refractivity contribution in [3.05, 3.63) is 60.2 Å². The summed E-state index contributed by atoms with van der Waals surface area (Å²) in [6, 6.07) is 15.9. The van der Waals surface area contributed by atoms with E-state index in [1.807, 2.05) is 30.3 Å². The molecule has 0 spiro atoms. The van der Waals surface area contributed by atoms with Gasteiger partial charge in [-0.3, -0.25) is 0 Å². The summed E-state index contributed by atoms with van der Waals surface area (Å²) in [6.45, 7) is 0.445. The Morgan fingerprint density at radius 2 is 1.67 bits per heavy atom. The topological polar surface area (TPSA) is 61.4 Å². The number of carbonyl (C=O) groups is 1. The van der Waals surface area contributed by atoms with Crippen molar-refractivity contribution in [2.24, 2.45) is 0 Å². The molecule has 0 aromatic heterocycles. The van der Waals surface area contributed by atoms with Gasteiger partial charge in [-0.2, -0.15) is 0 Å². The highest BCUT2D eigenvalue weighted by Crippen LogP contribution is 2.21. The Bertz CT molecular complexity index is 526. The van der Waals surface area contributed by atoms with Crippen molar-refractivity contribution in [1.29, 1.82) is 0 Å². The van der Waals surface area contributed by atoms with Crippen LogP contribution in [0.25, 0.3) is 0 Å². The van der Waals surface area contributed by atoms with Gasteiger partial charge >= 0.3 is 6.03 Å². The summed E-state index contributed by atoms with van der Waals surface area (Å²) in [5, 5.41) is 14.8. The first kappa shape index (κ1) is 12.0. The molecule has 0 saturated carbocycles. The van der Waals surface area contributed by atoms with Crippen LogP contribution in [0.5, 0.6) is 5.75 Å². The van der Waals surface area contributed by atoms with Crippen molar-refractivity contribution < 1.29 is 9.90 Å². The lowest BCUT2D eigenvalue weighted by Gasteiger charge is -2.08. The molecule has 0 heterocycles. The van der Waals surface area contributed by atoms with Gasteiger partial charge in [0.15, 0.2) is 0 Å². The normalized spacial score (nSPS) is 9.78.